The largest absolute Gasteiger partial charge is 0.467 e. The number of methoxy groups -OCH3 is 1. The molecule has 2 aromatic rings. The van der Waals surface area contributed by atoms with Crippen molar-refractivity contribution in [2.24, 2.45) is 0 Å². The summed E-state index contributed by atoms with van der Waals surface area (Å²) in [6.45, 7) is 5.47. The molecule has 0 radical (unpaired) electrons. The number of hydrogen-bond donors (Lipinski definition) is 0. The van der Waals surface area contributed by atoms with Crippen molar-refractivity contribution in [2.45, 2.75) is 57.6 Å². The summed E-state index contributed by atoms with van der Waals surface area (Å²) in [5.74, 6) is -0.471. The standard InChI is InChI=1S/C26H33NO6/c1-26(2,14-15-31-18-20-10-6-4-7-11-20)33-22-16-23(24(28)30-3)27(17-22)25(29)32-19-21-12-8-5-9-13-21/h4-13,22-23H,14-19H2,1-3H3. The lowest BCUT2D eigenvalue weighted by Gasteiger charge is -2.29. The van der Waals surface area contributed by atoms with E-state index in [1.54, 1.807) is 0 Å². The first-order valence-electron chi connectivity index (χ1n) is 11.2. The van der Waals surface area contributed by atoms with E-state index in [-0.39, 0.29) is 19.3 Å². The van der Waals surface area contributed by atoms with Crippen molar-refractivity contribution in [3.05, 3.63) is 71.8 Å². The van der Waals surface area contributed by atoms with Crippen molar-refractivity contribution < 1.29 is 28.5 Å². The highest BCUT2D eigenvalue weighted by Crippen LogP contribution is 2.28. The second-order valence-electron chi connectivity index (χ2n) is 8.75. The molecule has 178 valence electrons. The summed E-state index contributed by atoms with van der Waals surface area (Å²) in [6, 6.07) is 18.7. The summed E-state index contributed by atoms with van der Waals surface area (Å²) in [5.41, 5.74) is 1.52. The monoisotopic (exact) mass is 455 g/mol. The van der Waals surface area contributed by atoms with Gasteiger partial charge in [0.05, 0.1) is 32.0 Å². The molecule has 2 aromatic carbocycles. The van der Waals surface area contributed by atoms with Crippen LogP contribution in [-0.2, 0) is 37.0 Å². The van der Waals surface area contributed by atoms with Gasteiger partial charge in [0, 0.05) is 13.0 Å². The van der Waals surface area contributed by atoms with Gasteiger partial charge in [-0.3, -0.25) is 4.90 Å². The van der Waals surface area contributed by atoms with Crippen molar-refractivity contribution in [2.75, 3.05) is 20.3 Å². The van der Waals surface area contributed by atoms with E-state index >= 15 is 0 Å². The van der Waals surface area contributed by atoms with Gasteiger partial charge in [-0.1, -0.05) is 60.7 Å². The quantitative estimate of drug-likeness (QED) is 0.392. The molecule has 3 rings (SSSR count). The Hall–Kier alpha value is -2.90. The number of carbonyl (C=O) groups excluding carboxylic acids is 2. The highest BCUT2D eigenvalue weighted by Gasteiger charge is 2.43. The van der Waals surface area contributed by atoms with Crippen molar-refractivity contribution >= 4 is 12.1 Å². The highest BCUT2D eigenvalue weighted by atomic mass is 16.6. The van der Waals surface area contributed by atoms with Crippen molar-refractivity contribution in [3.8, 4) is 0 Å². The fourth-order valence-electron chi connectivity index (χ4n) is 3.84. The Labute approximate surface area is 195 Å². The molecule has 2 unspecified atom stereocenters. The third-order valence-electron chi connectivity index (χ3n) is 5.62. The number of ether oxygens (including phenoxy) is 4. The molecule has 1 amide bonds. The number of likely N-dealkylation sites (tertiary alicyclic amines) is 1. The van der Waals surface area contributed by atoms with Crippen molar-refractivity contribution in [3.63, 3.8) is 0 Å². The zero-order valence-electron chi connectivity index (χ0n) is 19.6. The number of hydrogen-bond acceptors (Lipinski definition) is 6. The molecule has 1 aliphatic rings. The molecule has 7 heteroatoms. The zero-order valence-corrected chi connectivity index (χ0v) is 19.6. The summed E-state index contributed by atoms with van der Waals surface area (Å²) in [6.07, 6.45) is 0.186. The molecule has 0 saturated carbocycles. The molecule has 1 heterocycles. The predicted octanol–water partition coefficient (Wildman–Crippen LogP) is 4.34. The summed E-state index contributed by atoms with van der Waals surface area (Å²) in [7, 11) is 1.32. The number of rotatable bonds is 10. The molecule has 0 bridgehead atoms. The first kappa shape index (κ1) is 24.7. The fourth-order valence-corrected chi connectivity index (χ4v) is 3.84. The van der Waals surface area contributed by atoms with Gasteiger partial charge in [0.25, 0.3) is 0 Å². The summed E-state index contributed by atoms with van der Waals surface area (Å²) in [4.78, 5) is 26.4. The summed E-state index contributed by atoms with van der Waals surface area (Å²) >= 11 is 0. The molecular formula is C26H33NO6. The third kappa shape index (κ3) is 7.58. The highest BCUT2D eigenvalue weighted by molar-refractivity contribution is 5.82. The van der Waals surface area contributed by atoms with Gasteiger partial charge in [-0.25, -0.2) is 9.59 Å². The number of benzene rings is 2. The number of nitrogens with zero attached hydrogens (tertiary/aromatic N) is 1. The molecule has 1 aliphatic heterocycles. The smallest absolute Gasteiger partial charge is 0.410 e. The molecule has 7 nitrogen and oxygen atoms in total. The van der Waals surface area contributed by atoms with Crippen LogP contribution in [0.1, 0.15) is 37.8 Å². The van der Waals surface area contributed by atoms with E-state index in [1.165, 1.54) is 12.0 Å². The van der Waals surface area contributed by atoms with Crippen molar-refractivity contribution in [1.82, 2.24) is 4.90 Å². The van der Waals surface area contributed by atoms with Gasteiger partial charge in [0.2, 0.25) is 0 Å². The molecule has 0 N–H and O–H groups in total. The third-order valence-corrected chi connectivity index (χ3v) is 5.62. The van der Waals surface area contributed by atoms with E-state index in [9.17, 15) is 9.59 Å². The summed E-state index contributed by atoms with van der Waals surface area (Å²) in [5, 5.41) is 0. The lowest BCUT2D eigenvalue weighted by atomic mass is 10.0. The molecule has 1 fully saturated rings. The van der Waals surface area contributed by atoms with Crippen LogP contribution in [-0.4, -0.2) is 55.0 Å². The molecule has 0 spiro atoms. The number of amides is 1. The Balaban J connectivity index is 1.50. The lowest BCUT2D eigenvalue weighted by Crippen LogP contribution is -2.41. The topological polar surface area (TPSA) is 74.3 Å². The second kappa shape index (κ2) is 11.8. The molecular weight excluding hydrogens is 422 g/mol. The predicted molar refractivity (Wildman–Crippen MR) is 123 cm³/mol. The number of esters is 1. The molecule has 0 aromatic heterocycles. The number of carbonyl (C=O) groups is 2. The van der Waals surface area contributed by atoms with Gasteiger partial charge < -0.3 is 18.9 Å². The van der Waals surface area contributed by atoms with E-state index in [4.69, 9.17) is 18.9 Å². The van der Waals surface area contributed by atoms with Crippen LogP contribution >= 0.6 is 0 Å². The van der Waals surface area contributed by atoms with Gasteiger partial charge in [0.15, 0.2) is 0 Å². The van der Waals surface area contributed by atoms with E-state index < -0.39 is 23.7 Å². The van der Waals surface area contributed by atoms with Gasteiger partial charge in [0.1, 0.15) is 12.6 Å². The van der Waals surface area contributed by atoms with Crippen LogP contribution in [0.4, 0.5) is 4.79 Å². The summed E-state index contributed by atoms with van der Waals surface area (Å²) < 4.78 is 22.4. The Morgan fingerprint density at radius 2 is 1.58 bits per heavy atom. The van der Waals surface area contributed by atoms with Crippen LogP contribution < -0.4 is 0 Å². The normalized spacial score (nSPS) is 18.2. The minimum atomic E-state index is -0.728. The van der Waals surface area contributed by atoms with E-state index in [1.807, 2.05) is 74.5 Å². The van der Waals surface area contributed by atoms with Crippen LogP contribution in [0.3, 0.4) is 0 Å². The maximum Gasteiger partial charge on any atom is 0.410 e. The second-order valence-corrected chi connectivity index (χ2v) is 8.75. The van der Waals surface area contributed by atoms with Crippen LogP contribution in [0.2, 0.25) is 0 Å². The Morgan fingerprint density at radius 3 is 2.18 bits per heavy atom. The van der Waals surface area contributed by atoms with Gasteiger partial charge in [-0.05, 0) is 31.4 Å². The first-order chi connectivity index (χ1) is 15.9. The van der Waals surface area contributed by atoms with Crippen LogP contribution in [0.5, 0.6) is 0 Å². The van der Waals surface area contributed by atoms with E-state index in [2.05, 4.69) is 0 Å². The molecule has 33 heavy (non-hydrogen) atoms. The van der Waals surface area contributed by atoms with Gasteiger partial charge >= 0.3 is 12.1 Å². The first-order valence-corrected chi connectivity index (χ1v) is 11.2. The van der Waals surface area contributed by atoms with Crippen LogP contribution in [0.25, 0.3) is 0 Å². The van der Waals surface area contributed by atoms with E-state index in [0.717, 1.165) is 11.1 Å². The fraction of sp³-hybridized carbons (Fsp3) is 0.462. The average molecular weight is 456 g/mol. The van der Waals surface area contributed by atoms with Crippen LogP contribution in [0, 0.1) is 0 Å². The molecule has 0 aliphatic carbocycles. The SMILES string of the molecule is COC(=O)C1CC(OC(C)(C)CCOCc2ccccc2)CN1C(=O)OCc1ccccc1. The maximum absolute atomic E-state index is 12.7. The molecule has 1 saturated heterocycles. The molecule has 2 atom stereocenters. The van der Waals surface area contributed by atoms with Gasteiger partial charge in [-0.2, -0.15) is 0 Å². The Kier molecular flexibility index (Phi) is 8.86. The van der Waals surface area contributed by atoms with Crippen molar-refractivity contribution in [1.29, 1.82) is 0 Å². The minimum Gasteiger partial charge on any atom is -0.467 e. The minimum absolute atomic E-state index is 0.139. The Morgan fingerprint density at radius 1 is 0.970 bits per heavy atom. The Bertz CT molecular complexity index is 886. The zero-order chi connectivity index (χ0) is 23.7. The maximum atomic E-state index is 12.7. The average Bonchev–Trinajstić information content (AvgIpc) is 3.24. The lowest BCUT2D eigenvalue weighted by molar-refractivity contribution is -0.145. The van der Waals surface area contributed by atoms with Gasteiger partial charge in [-0.15, -0.1) is 0 Å². The van der Waals surface area contributed by atoms with Crippen LogP contribution in [0.15, 0.2) is 60.7 Å². The van der Waals surface area contributed by atoms with E-state index in [0.29, 0.717) is 26.1 Å².